The Morgan fingerprint density at radius 1 is 1.35 bits per heavy atom. The smallest absolute Gasteiger partial charge is 0.328 e. The van der Waals surface area contributed by atoms with E-state index in [1.165, 1.54) is 24.3 Å². The maximum Gasteiger partial charge on any atom is 0.328 e. The van der Waals surface area contributed by atoms with Crippen LogP contribution in [0.15, 0.2) is 24.3 Å². The average Bonchev–Trinajstić information content (AvgIpc) is 2.29. The number of amides is 1. The van der Waals surface area contributed by atoms with Gasteiger partial charge in [-0.15, -0.1) is 0 Å². The highest BCUT2D eigenvalue weighted by molar-refractivity contribution is 6.30. The summed E-state index contributed by atoms with van der Waals surface area (Å²) in [6.07, 6.45) is 0. The van der Waals surface area contributed by atoms with Crippen LogP contribution in [0.3, 0.4) is 0 Å². The molecule has 0 saturated heterocycles. The van der Waals surface area contributed by atoms with Gasteiger partial charge in [0.1, 0.15) is 6.54 Å². The molecule has 0 fully saturated rings. The van der Waals surface area contributed by atoms with Crippen LogP contribution in [0.25, 0.3) is 0 Å². The largest absolute Gasteiger partial charge is 0.465 e. The van der Waals surface area contributed by atoms with Gasteiger partial charge in [-0.1, -0.05) is 11.6 Å². The molecule has 0 aliphatic rings. The first-order chi connectivity index (χ1) is 8.04. The Morgan fingerprint density at radius 2 is 1.94 bits per heavy atom. The van der Waals surface area contributed by atoms with Crippen LogP contribution >= 0.6 is 11.6 Å². The number of hydrogen-bond acceptors (Lipinski definition) is 4. The number of hydrogen-bond donors (Lipinski definition) is 1. The van der Waals surface area contributed by atoms with Crippen LogP contribution in [0, 0.1) is 0 Å². The number of carbonyl (C=O) groups excluding carboxylic acids is 2. The first-order valence-electron chi connectivity index (χ1n) is 4.96. The van der Waals surface area contributed by atoms with Crippen molar-refractivity contribution >= 4 is 23.5 Å². The SMILES string of the molecule is CCOC(=O)CN(O)C(=O)c1ccc(Cl)cc1. The molecule has 0 saturated carbocycles. The second-order valence-electron chi connectivity index (χ2n) is 3.17. The molecule has 92 valence electrons. The molecule has 0 heterocycles. The molecule has 0 atom stereocenters. The number of halogens is 1. The molecular weight excluding hydrogens is 246 g/mol. The zero-order valence-corrected chi connectivity index (χ0v) is 9.98. The molecule has 6 heteroatoms. The summed E-state index contributed by atoms with van der Waals surface area (Å²) in [5.41, 5.74) is 0.237. The van der Waals surface area contributed by atoms with Crippen LogP contribution in [-0.4, -0.2) is 35.3 Å². The summed E-state index contributed by atoms with van der Waals surface area (Å²) in [4.78, 5) is 22.7. The summed E-state index contributed by atoms with van der Waals surface area (Å²) in [6, 6.07) is 5.96. The molecule has 5 nitrogen and oxygen atoms in total. The van der Waals surface area contributed by atoms with Crippen molar-refractivity contribution in [2.24, 2.45) is 0 Å². The highest BCUT2D eigenvalue weighted by atomic mass is 35.5. The van der Waals surface area contributed by atoms with Gasteiger partial charge in [0.05, 0.1) is 6.61 Å². The van der Waals surface area contributed by atoms with Gasteiger partial charge in [-0.05, 0) is 31.2 Å². The summed E-state index contributed by atoms with van der Waals surface area (Å²) in [7, 11) is 0. The van der Waals surface area contributed by atoms with Gasteiger partial charge in [0.15, 0.2) is 0 Å². The minimum atomic E-state index is -0.685. The van der Waals surface area contributed by atoms with E-state index in [1.54, 1.807) is 6.92 Å². The molecule has 0 unspecified atom stereocenters. The molecule has 1 aromatic rings. The van der Waals surface area contributed by atoms with Gasteiger partial charge >= 0.3 is 5.97 Å². The lowest BCUT2D eigenvalue weighted by Crippen LogP contribution is -2.33. The molecule has 0 aliphatic carbocycles. The molecule has 0 spiro atoms. The third kappa shape index (κ3) is 4.05. The maximum atomic E-state index is 11.6. The summed E-state index contributed by atoms with van der Waals surface area (Å²) in [5, 5.41) is 10.2. The first-order valence-corrected chi connectivity index (χ1v) is 5.34. The fraction of sp³-hybridized carbons (Fsp3) is 0.273. The molecular formula is C11H12ClNO4. The minimum Gasteiger partial charge on any atom is -0.465 e. The summed E-state index contributed by atoms with van der Waals surface area (Å²) >= 11 is 5.66. The van der Waals surface area contributed by atoms with Gasteiger partial charge in [0, 0.05) is 10.6 Å². The van der Waals surface area contributed by atoms with Crippen molar-refractivity contribution in [3.05, 3.63) is 34.9 Å². The number of ether oxygens (including phenoxy) is 1. The number of rotatable bonds is 4. The third-order valence-electron chi connectivity index (χ3n) is 1.91. The minimum absolute atomic E-state index is 0.196. The zero-order valence-electron chi connectivity index (χ0n) is 9.22. The van der Waals surface area contributed by atoms with Gasteiger partial charge in [0.2, 0.25) is 0 Å². The van der Waals surface area contributed by atoms with Crippen molar-refractivity contribution in [1.82, 2.24) is 5.06 Å². The summed E-state index contributed by atoms with van der Waals surface area (Å²) in [5.74, 6) is -1.35. The Balaban J connectivity index is 2.63. The van der Waals surface area contributed by atoms with E-state index < -0.39 is 18.4 Å². The van der Waals surface area contributed by atoms with Crippen LogP contribution < -0.4 is 0 Å². The molecule has 0 aromatic heterocycles. The molecule has 1 N–H and O–H groups in total. The van der Waals surface area contributed by atoms with E-state index >= 15 is 0 Å². The number of esters is 1. The van der Waals surface area contributed by atoms with Crippen LogP contribution in [-0.2, 0) is 9.53 Å². The molecule has 1 rings (SSSR count). The molecule has 17 heavy (non-hydrogen) atoms. The van der Waals surface area contributed by atoms with Crippen LogP contribution in [0.4, 0.5) is 0 Å². The van der Waals surface area contributed by atoms with Gasteiger partial charge in [-0.2, -0.15) is 0 Å². The van der Waals surface area contributed by atoms with Crippen molar-refractivity contribution in [2.75, 3.05) is 13.2 Å². The third-order valence-corrected chi connectivity index (χ3v) is 2.16. The van der Waals surface area contributed by atoms with Crippen LogP contribution in [0.5, 0.6) is 0 Å². The van der Waals surface area contributed by atoms with Crippen molar-refractivity contribution < 1.29 is 19.5 Å². The number of benzene rings is 1. The molecule has 1 aromatic carbocycles. The Kier molecular flexibility index (Phi) is 4.93. The van der Waals surface area contributed by atoms with E-state index in [-0.39, 0.29) is 12.2 Å². The van der Waals surface area contributed by atoms with Gasteiger partial charge in [-0.25, -0.2) is 5.06 Å². The molecule has 0 bridgehead atoms. The fourth-order valence-electron chi connectivity index (χ4n) is 1.14. The second-order valence-corrected chi connectivity index (χ2v) is 3.61. The normalized spacial score (nSPS) is 9.82. The first kappa shape index (κ1) is 13.5. The lowest BCUT2D eigenvalue weighted by molar-refractivity contribution is -0.152. The zero-order chi connectivity index (χ0) is 12.8. The standard InChI is InChI=1S/C11H12ClNO4/c1-2-17-10(14)7-13(16)11(15)8-3-5-9(12)6-4-8/h3-6,16H,2,7H2,1H3. The Labute approximate surface area is 104 Å². The Bertz CT molecular complexity index is 404. The second kappa shape index (κ2) is 6.22. The quantitative estimate of drug-likeness (QED) is 0.507. The van der Waals surface area contributed by atoms with E-state index in [0.717, 1.165) is 0 Å². The van der Waals surface area contributed by atoms with Crippen molar-refractivity contribution in [3.8, 4) is 0 Å². The van der Waals surface area contributed by atoms with Crippen molar-refractivity contribution in [1.29, 1.82) is 0 Å². The van der Waals surface area contributed by atoms with Gasteiger partial charge in [0.25, 0.3) is 5.91 Å². The number of hydroxylamine groups is 2. The predicted octanol–water partition coefficient (Wildman–Crippen LogP) is 1.73. The van der Waals surface area contributed by atoms with Gasteiger partial charge < -0.3 is 4.74 Å². The molecule has 1 amide bonds. The topological polar surface area (TPSA) is 66.8 Å². The van der Waals surface area contributed by atoms with Crippen molar-refractivity contribution in [2.45, 2.75) is 6.92 Å². The molecule has 0 aliphatic heterocycles. The lowest BCUT2D eigenvalue weighted by Gasteiger charge is -2.13. The van der Waals surface area contributed by atoms with Crippen molar-refractivity contribution in [3.63, 3.8) is 0 Å². The van der Waals surface area contributed by atoms with E-state index in [2.05, 4.69) is 4.74 Å². The van der Waals surface area contributed by atoms with E-state index in [1.807, 2.05) is 0 Å². The highest BCUT2D eigenvalue weighted by Crippen LogP contribution is 2.10. The van der Waals surface area contributed by atoms with E-state index in [9.17, 15) is 14.8 Å². The highest BCUT2D eigenvalue weighted by Gasteiger charge is 2.17. The Morgan fingerprint density at radius 3 is 2.47 bits per heavy atom. The average molecular weight is 258 g/mol. The van der Waals surface area contributed by atoms with Gasteiger partial charge in [-0.3, -0.25) is 14.8 Å². The fourth-order valence-corrected chi connectivity index (χ4v) is 1.27. The number of nitrogens with zero attached hydrogens (tertiary/aromatic N) is 1. The maximum absolute atomic E-state index is 11.6. The van der Waals surface area contributed by atoms with Crippen LogP contribution in [0.1, 0.15) is 17.3 Å². The monoisotopic (exact) mass is 257 g/mol. The van der Waals surface area contributed by atoms with E-state index in [0.29, 0.717) is 10.1 Å². The summed E-state index contributed by atoms with van der Waals surface area (Å²) in [6.45, 7) is 1.33. The predicted molar refractivity (Wildman–Crippen MR) is 60.9 cm³/mol. The number of carbonyl (C=O) groups is 2. The Hall–Kier alpha value is -1.59. The lowest BCUT2D eigenvalue weighted by atomic mass is 10.2. The molecule has 0 radical (unpaired) electrons. The summed E-state index contributed by atoms with van der Waals surface area (Å²) < 4.78 is 4.60. The van der Waals surface area contributed by atoms with E-state index in [4.69, 9.17) is 11.6 Å². The van der Waals surface area contributed by atoms with Crippen LogP contribution in [0.2, 0.25) is 5.02 Å².